The molecule has 0 aliphatic heterocycles. The van der Waals surface area contributed by atoms with Gasteiger partial charge in [0.25, 0.3) is 5.91 Å². The smallest absolute Gasteiger partial charge is 0.331 e. The maximum atomic E-state index is 12.3. The molecule has 1 amide bonds. The molecule has 0 saturated carbocycles. The first-order valence-electron chi connectivity index (χ1n) is 7.34. The molecule has 1 aromatic carbocycles. The third kappa shape index (κ3) is 6.12. The zero-order chi connectivity index (χ0) is 17.2. The fourth-order valence-corrected chi connectivity index (χ4v) is 1.96. The van der Waals surface area contributed by atoms with Gasteiger partial charge < -0.3 is 9.47 Å². The van der Waals surface area contributed by atoms with Crippen molar-refractivity contribution < 1.29 is 23.9 Å². The van der Waals surface area contributed by atoms with Crippen LogP contribution in [0.5, 0.6) is 5.75 Å². The molecule has 0 aliphatic carbocycles. The van der Waals surface area contributed by atoms with Crippen LogP contribution in [0.4, 0.5) is 0 Å². The van der Waals surface area contributed by atoms with E-state index in [1.165, 1.54) is 7.11 Å². The number of para-hydroxylation sites is 1. The Morgan fingerprint density at radius 3 is 2.43 bits per heavy atom. The topological polar surface area (TPSA) is 65.1 Å². The van der Waals surface area contributed by atoms with Crippen LogP contribution in [0, 0.1) is 0 Å². The monoisotopic (exact) mass is 321 g/mol. The second-order valence-corrected chi connectivity index (χ2v) is 4.93. The lowest BCUT2D eigenvalue weighted by atomic mass is 10.1. The lowest BCUT2D eigenvalue weighted by Crippen LogP contribution is -2.47. The van der Waals surface area contributed by atoms with Crippen LogP contribution in [0.1, 0.15) is 20.3 Å². The number of esters is 1. The van der Waals surface area contributed by atoms with Crippen molar-refractivity contribution in [2.75, 3.05) is 20.3 Å². The minimum atomic E-state index is -0.885. The van der Waals surface area contributed by atoms with E-state index in [1.807, 2.05) is 6.07 Å². The Morgan fingerprint density at radius 1 is 1.26 bits per heavy atom. The van der Waals surface area contributed by atoms with Crippen molar-refractivity contribution in [2.24, 2.45) is 0 Å². The number of rotatable bonds is 9. The molecule has 1 aromatic rings. The summed E-state index contributed by atoms with van der Waals surface area (Å²) in [6.07, 6.45) is 0.254. The molecule has 6 nitrogen and oxygen atoms in total. The van der Waals surface area contributed by atoms with Crippen molar-refractivity contribution in [1.82, 2.24) is 5.06 Å². The van der Waals surface area contributed by atoms with Gasteiger partial charge >= 0.3 is 5.97 Å². The van der Waals surface area contributed by atoms with Gasteiger partial charge in [0.2, 0.25) is 0 Å². The van der Waals surface area contributed by atoms with Crippen molar-refractivity contribution in [1.29, 1.82) is 0 Å². The summed E-state index contributed by atoms with van der Waals surface area (Å²) in [5, 5.41) is 0.982. The van der Waals surface area contributed by atoms with Gasteiger partial charge in [-0.15, -0.1) is 6.58 Å². The number of benzene rings is 1. The molecule has 23 heavy (non-hydrogen) atoms. The number of nitrogens with zero attached hydrogens (tertiary/aromatic N) is 1. The number of ether oxygens (including phenoxy) is 2. The highest BCUT2D eigenvalue weighted by Crippen LogP contribution is 2.14. The molecule has 0 spiro atoms. The first-order chi connectivity index (χ1) is 11.0. The second kappa shape index (κ2) is 9.63. The molecule has 0 fully saturated rings. The van der Waals surface area contributed by atoms with Gasteiger partial charge in [-0.1, -0.05) is 23.8 Å². The van der Waals surface area contributed by atoms with Crippen molar-refractivity contribution in [3.05, 3.63) is 42.5 Å². The van der Waals surface area contributed by atoms with Crippen LogP contribution in [0.2, 0.25) is 0 Å². The first-order valence-corrected chi connectivity index (χ1v) is 7.34. The van der Waals surface area contributed by atoms with Crippen molar-refractivity contribution >= 4 is 11.9 Å². The highest BCUT2D eigenvalue weighted by atomic mass is 16.7. The Balaban J connectivity index is 2.77. The molecular formula is C17H23NO5. The number of hydrogen-bond donors (Lipinski definition) is 0. The molecular weight excluding hydrogens is 298 g/mol. The first kappa shape index (κ1) is 18.7. The summed E-state index contributed by atoms with van der Waals surface area (Å²) < 4.78 is 10.4. The maximum Gasteiger partial charge on any atom is 0.331 e. The fourth-order valence-electron chi connectivity index (χ4n) is 1.96. The van der Waals surface area contributed by atoms with E-state index < -0.39 is 17.9 Å². The van der Waals surface area contributed by atoms with Crippen LogP contribution >= 0.6 is 0 Å². The van der Waals surface area contributed by atoms with E-state index >= 15 is 0 Å². The highest BCUT2D eigenvalue weighted by Gasteiger charge is 2.32. The lowest BCUT2D eigenvalue weighted by molar-refractivity contribution is -0.200. The number of hydrogen-bond acceptors (Lipinski definition) is 5. The van der Waals surface area contributed by atoms with Crippen molar-refractivity contribution in [3.63, 3.8) is 0 Å². The van der Waals surface area contributed by atoms with Gasteiger partial charge in [-0.3, -0.25) is 9.63 Å². The molecule has 126 valence electrons. The summed E-state index contributed by atoms with van der Waals surface area (Å²) in [4.78, 5) is 29.5. The molecule has 1 rings (SSSR count). The standard InChI is InChI=1S/C17H23NO5/c1-5-22-17(20)15(11-13(2)3)18(21-4)16(19)12-23-14-9-7-6-8-10-14/h6-10,15H,2,5,11-12H2,1,3-4H3. The number of hydroxylamine groups is 2. The zero-order valence-corrected chi connectivity index (χ0v) is 13.8. The average molecular weight is 321 g/mol. The maximum absolute atomic E-state index is 12.3. The van der Waals surface area contributed by atoms with Gasteiger partial charge in [-0.25, -0.2) is 9.86 Å². The third-order valence-corrected chi connectivity index (χ3v) is 2.93. The Morgan fingerprint density at radius 2 is 1.91 bits per heavy atom. The summed E-state index contributed by atoms with van der Waals surface area (Å²) in [5.41, 5.74) is 0.738. The van der Waals surface area contributed by atoms with Gasteiger partial charge in [0.15, 0.2) is 12.6 Å². The van der Waals surface area contributed by atoms with E-state index in [1.54, 1.807) is 38.1 Å². The molecule has 0 aromatic heterocycles. The zero-order valence-electron chi connectivity index (χ0n) is 13.8. The molecule has 0 radical (unpaired) electrons. The summed E-state index contributed by atoms with van der Waals surface area (Å²) in [5.74, 6) is -0.453. The van der Waals surface area contributed by atoms with E-state index in [2.05, 4.69) is 6.58 Å². The molecule has 0 aliphatic rings. The van der Waals surface area contributed by atoms with E-state index in [0.717, 1.165) is 10.6 Å². The quantitative estimate of drug-likeness (QED) is 0.397. The molecule has 0 saturated heterocycles. The highest BCUT2D eigenvalue weighted by molar-refractivity contribution is 5.84. The second-order valence-electron chi connectivity index (χ2n) is 4.93. The van der Waals surface area contributed by atoms with Crippen molar-refractivity contribution in [2.45, 2.75) is 26.3 Å². The van der Waals surface area contributed by atoms with Crippen LogP contribution < -0.4 is 4.74 Å². The molecule has 1 atom stereocenters. The predicted molar refractivity (Wildman–Crippen MR) is 85.6 cm³/mol. The van der Waals surface area contributed by atoms with E-state index in [-0.39, 0.29) is 19.6 Å². The van der Waals surface area contributed by atoms with Gasteiger partial charge in [-0.2, -0.15) is 0 Å². The summed E-state index contributed by atoms with van der Waals surface area (Å²) in [6.45, 7) is 7.22. The average Bonchev–Trinajstić information content (AvgIpc) is 2.53. The van der Waals surface area contributed by atoms with Crippen LogP contribution in [0.15, 0.2) is 42.5 Å². The Bertz CT molecular complexity index is 529. The molecule has 6 heteroatoms. The van der Waals surface area contributed by atoms with Gasteiger partial charge in [-0.05, 0) is 26.0 Å². The minimum absolute atomic E-state index is 0.220. The number of carbonyl (C=O) groups excluding carboxylic acids is 2. The molecule has 0 bridgehead atoms. The summed E-state index contributed by atoms with van der Waals surface area (Å²) in [7, 11) is 1.32. The predicted octanol–water partition coefficient (Wildman–Crippen LogP) is 2.35. The van der Waals surface area contributed by atoms with Crippen LogP contribution in [-0.4, -0.2) is 43.3 Å². The van der Waals surface area contributed by atoms with Crippen LogP contribution in [0.25, 0.3) is 0 Å². The minimum Gasteiger partial charge on any atom is -0.484 e. The SMILES string of the molecule is C=C(C)CC(C(=O)OCC)N(OC)C(=O)COc1ccccc1. The lowest BCUT2D eigenvalue weighted by Gasteiger charge is -2.27. The fraction of sp³-hybridized carbons (Fsp3) is 0.412. The Hall–Kier alpha value is -2.34. The molecule has 0 heterocycles. The summed E-state index contributed by atoms with van der Waals surface area (Å²) >= 11 is 0. The van der Waals surface area contributed by atoms with Crippen LogP contribution in [0.3, 0.4) is 0 Å². The van der Waals surface area contributed by atoms with Gasteiger partial charge in [0, 0.05) is 6.42 Å². The van der Waals surface area contributed by atoms with Gasteiger partial charge in [0.1, 0.15) is 5.75 Å². The Labute approximate surface area is 136 Å². The van der Waals surface area contributed by atoms with Crippen molar-refractivity contribution in [3.8, 4) is 5.75 Å². The largest absolute Gasteiger partial charge is 0.484 e. The van der Waals surface area contributed by atoms with E-state index in [9.17, 15) is 9.59 Å². The molecule has 1 unspecified atom stereocenters. The summed E-state index contributed by atoms with van der Waals surface area (Å²) in [6, 6.07) is 8.04. The van der Waals surface area contributed by atoms with Crippen LogP contribution in [-0.2, 0) is 19.2 Å². The third-order valence-electron chi connectivity index (χ3n) is 2.93. The number of carbonyl (C=O) groups is 2. The molecule has 0 N–H and O–H groups in total. The Kier molecular flexibility index (Phi) is 7.83. The van der Waals surface area contributed by atoms with E-state index in [0.29, 0.717) is 5.75 Å². The normalized spacial score (nSPS) is 11.4. The van der Waals surface area contributed by atoms with Gasteiger partial charge in [0.05, 0.1) is 13.7 Å². The van der Waals surface area contributed by atoms with E-state index in [4.69, 9.17) is 14.3 Å². The number of amides is 1.